The van der Waals surface area contributed by atoms with E-state index in [1.54, 1.807) is 11.3 Å². The number of nitrogens with zero attached hydrogens (tertiary/aromatic N) is 3. The topological polar surface area (TPSA) is 49.2 Å². The van der Waals surface area contributed by atoms with Crippen LogP contribution < -0.4 is 4.90 Å². The molecule has 0 amide bonds. The van der Waals surface area contributed by atoms with Crippen LogP contribution in [0.3, 0.4) is 0 Å². The van der Waals surface area contributed by atoms with E-state index in [4.69, 9.17) is 5.11 Å². The summed E-state index contributed by atoms with van der Waals surface area (Å²) in [6.07, 6.45) is 1.06. The van der Waals surface area contributed by atoms with Crippen molar-refractivity contribution < 1.29 is 5.11 Å². The van der Waals surface area contributed by atoms with Crippen molar-refractivity contribution in [1.29, 1.82) is 0 Å². The maximum absolute atomic E-state index is 8.98. The van der Waals surface area contributed by atoms with E-state index in [1.807, 2.05) is 6.92 Å². The number of hydrogen-bond acceptors (Lipinski definition) is 5. The van der Waals surface area contributed by atoms with Gasteiger partial charge >= 0.3 is 0 Å². The lowest BCUT2D eigenvalue weighted by Crippen LogP contribution is -2.20. The van der Waals surface area contributed by atoms with Crippen LogP contribution in [0, 0.1) is 12.8 Å². The summed E-state index contributed by atoms with van der Waals surface area (Å²) in [4.78, 5) is 2.20. The summed E-state index contributed by atoms with van der Waals surface area (Å²) in [6.45, 7) is 4.17. The maximum atomic E-state index is 8.98. The van der Waals surface area contributed by atoms with Crippen molar-refractivity contribution >= 4 is 16.5 Å². The van der Waals surface area contributed by atoms with Crippen molar-refractivity contribution in [2.75, 3.05) is 24.6 Å². The third-order valence-corrected chi connectivity index (χ3v) is 3.23. The van der Waals surface area contributed by atoms with Gasteiger partial charge in [-0.2, -0.15) is 0 Å². The molecular formula is C8H13N3OS. The molecule has 72 valence electrons. The second-order valence-electron chi connectivity index (χ2n) is 3.39. The van der Waals surface area contributed by atoms with Crippen LogP contribution in [0.2, 0.25) is 0 Å². The molecule has 0 aromatic carbocycles. The molecule has 2 rings (SSSR count). The highest BCUT2D eigenvalue weighted by Gasteiger charge is 2.23. The van der Waals surface area contributed by atoms with E-state index in [2.05, 4.69) is 15.1 Å². The lowest BCUT2D eigenvalue weighted by molar-refractivity contribution is 0.238. The molecule has 1 fully saturated rings. The van der Waals surface area contributed by atoms with Gasteiger partial charge in [-0.25, -0.2) is 0 Å². The van der Waals surface area contributed by atoms with Crippen molar-refractivity contribution in [3.05, 3.63) is 5.01 Å². The first-order chi connectivity index (χ1) is 6.29. The molecule has 1 saturated heterocycles. The maximum Gasteiger partial charge on any atom is 0.208 e. The SMILES string of the molecule is Cc1nnc(N2CCC(CO)C2)s1. The number of aromatic nitrogens is 2. The summed E-state index contributed by atoms with van der Waals surface area (Å²) >= 11 is 1.62. The molecule has 1 aromatic rings. The summed E-state index contributed by atoms with van der Waals surface area (Å²) in [5.74, 6) is 0.421. The first kappa shape index (κ1) is 8.90. The van der Waals surface area contributed by atoms with Crippen molar-refractivity contribution in [2.45, 2.75) is 13.3 Å². The second kappa shape index (κ2) is 3.59. The van der Waals surface area contributed by atoms with Gasteiger partial charge in [0.25, 0.3) is 0 Å². The molecule has 2 heterocycles. The smallest absolute Gasteiger partial charge is 0.208 e. The van der Waals surface area contributed by atoms with Gasteiger partial charge in [0.2, 0.25) is 5.13 Å². The van der Waals surface area contributed by atoms with Crippen LogP contribution in [-0.4, -0.2) is 35.0 Å². The van der Waals surface area contributed by atoms with Gasteiger partial charge in [-0.1, -0.05) is 11.3 Å². The lowest BCUT2D eigenvalue weighted by atomic mass is 10.1. The van der Waals surface area contributed by atoms with Crippen LogP contribution in [0.15, 0.2) is 0 Å². The molecule has 1 aromatic heterocycles. The van der Waals surface area contributed by atoms with Crippen molar-refractivity contribution in [3.63, 3.8) is 0 Å². The number of rotatable bonds is 2. The van der Waals surface area contributed by atoms with E-state index >= 15 is 0 Å². The summed E-state index contributed by atoms with van der Waals surface area (Å²) in [5.41, 5.74) is 0. The van der Waals surface area contributed by atoms with E-state index in [-0.39, 0.29) is 6.61 Å². The van der Waals surface area contributed by atoms with Crippen LogP contribution in [0.1, 0.15) is 11.4 Å². The van der Waals surface area contributed by atoms with Gasteiger partial charge in [0.05, 0.1) is 0 Å². The summed E-state index contributed by atoms with van der Waals surface area (Å²) < 4.78 is 0. The zero-order valence-corrected chi connectivity index (χ0v) is 8.42. The number of aliphatic hydroxyl groups is 1. The Bertz CT molecular complexity index is 289. The molecule has 0 aliphatic carbocycles. The summed E-state index contributed by atoms with van der Waals surface area (Å²) in [5, 5.41) is 19.0. The zero-order valence-electron chi connectivity index (χ0n) is 7.60. The predicted molar refractivity (Wildman–Crippen MR) is 52.1 cm³/mol. The molecular weight excluding hydrogens is 186 g/mol. The van der Waals surface area contributed by atoms with Gasteiger partial charge in [-0.3, -0.25) is 0 Å². The largest absolute Gasteiger partial charge is 0.396 e. The summed E-state index contributed by atoms with van der Waals surface area (Å²) in [6, 6.07) is 0. The monoisotopic (exact) mass is 199 g/mol. The Morgan fingerprint density at radius 3 is 3.00 bits per heavy atom. The Morgan fingerprint density at radius 2 is 2.46 bits per heavy atom. The normalized spacial score (nSPS) is 22.6. The van der Waals surface area contributed by atoms with Crippen molar-refractivity contribution in [1.82, 2.24) is 10.2 Å². The standard InChI is InChI=1S/C8H13N3OS/c1-6-9-10-8(13-6)11-3-2-7(4-11)5-12/h7,12H,2-5H2,1H3. The molecule has 13 heavy (non-hydrogen) atoms. The van der Waals surface area contributed by atoms with Gasteiger partial charge < -0.3 is 10.0 Å². The average molecular weight is 199 g/mol. The molecule has 4 nitrogen and oxygen atoms in total. The number of aliphatic hydroxyl groups excluding tert-OH is 1. The minimum absolute atomic E-state index is 0.286. The van der Waals surface area contributed by atoms with Gasteiger partial charge in [0, 0.05) is 25.6 Å². The molecule has 0 radical (unpaired) electrons. The summed E-state index contributed by atoms with van der Waals surface area (Å²) in [7, 11) is 0. The molecule has 1 N–H and O–H groups in total. The van der Waals surface area contributed by atoms with E-state index in [9.17, 15) is 0 Å². The molecule has 1 aliphatic rings. The van der Waals surface area contributed by atoms with E-state index < -0.39 is 0 Å². The third kappa shape index (κ3) is 1.81. The number of hydrogen-bond donors (Lipinski definition) is 1. The molecule has 1 atom stereocenters. The Balaban J connectivity index is 2.03. The van der Waals surface area contributed by atoms with Crippen LogP contribution in [-0.2, 0) is 0 Å². The van der Waals surface area contributed by atoms with Gasteiger partial charge in [-0.05, 0) is 13.3 Å². The molecule has 5 heteroatoms. The quantitative estimate of drug-likeness (QED) is 0.760. The predicted octanol–water partition coefficient (Wildman–Crippen LogP) is 0.665. The molecule has 0 saturated carbocycles. The Labute approximate surface area is 81.2 Å². The van der Waals surface area contributed by atoms with Gasteiger partial charge in [-0.15, -0.1) is 10.2 Å². The fourth-order valence-electron chi connectivity index (χ4n) is 1.57. The third-order valence-electron chi connectivity index (χ3n) is 2.33. The minimum atomic E-state index is 0.286. The highest BCUT2D eigenvalue weighted by Crippen LogP contribution is 2.25. The minimum Gasteiger partial charge on any atom is -0.396 e. The second-order valence-corrected chi connectivity index (χ2v) is 4.55. The fraction of sp³-hybridized carbons (Fsp3) is 0.750. The van der Waals surface area contributed by atoms with Crippen LogP contribution in [0.25, 0.3) is 0 Å². The Morgan fingerprint density at radius 1 is 1.62 bits per heavy atom. The van der Waals surface area contributed by atoms with Crippen molar-refractivity contribution in [3.8, 4) is 0 Å². The van der Waals surface area contributed by atoms with Gasteiger partial charge in [0.1, 0.15) is 5.01 Å². The number of aryl methyl sites for hydroxylation is 1. The zero-order chi connectivity index (χ0) is 9.26. The lowest BCUT2D eigenvalue weighted by Gasteiger charge is -2.12. The van der Waals surface area contributed by atoms with Crippen molar-refractivity contribution in [2.24, 2.45) is 5.92 Å². The Hall–Kier alpha value is -0.680. The van der Waals surface area contributed by atoms with Crippen LogP contribution >= 0.6 is 11.3 Å². The fourth-order valence-corrected chi connectivity index (χ4v) is 2.29. The molecule has 1 aliphatic heterocycles. The van der Waals surface area contributed by atoms with E-state index in [0.29, 0.717) is 5.92 Å². The first-order valence-electron chi connectivity index (χ1n) is 4.45. The first-order valence-corrected chi connectivity index (χ1v) is 5.27. The van der Waals surface area contributed by atoms with E-state index in [1.165, 1.54) is 0 Å². The van der Waals surface area contributed by atoms with E-state index in [0.717, 1.165) is 29.6 Å². The van der Waals surface area contributed by atoms with Crippen LogP contribution in [0.5, 0.6) is 0 Å². The number of anilines is 1. The molecule has 0 spiro atoms. The molecule has 0 bridgehead atoms. The van der Waals surface area contributed by atoms with Crippen LogP contribution in [0.4, 0.5) is 5.13 Å². The highest BCUT2D eigenvalue weighted by atomic mass is 32.1. The van der Waals surface area contributed by atoms with Gasteiger partial charge in [0.15, 0.2) is 0 Å². The average Bonchev–Trinajstić information content (AvgIpc) is 2.71. The molecule has 1 unspecified atom stereocenters. The highest BCUT2D eigenvalue weighted by molar-refractivity contribution is 7.15. The Kier molecular flexibility index (Phi) is 2.46.